The van der Waals surface area contributed by atoms with Crippen LogP contribution in [-0.2, 0) is 17.9 Å². The fourth-order valence-corrected chi connectivity index (χ4v) is 5.56. The molecule has 2 aliphatic rings. The summed E-state index contributed by atoms with van der Waals surface area (Å²) in [6.45, 7) is 0.372. The Bertz CT molecular complexity index is 1640. The molecule has 0 spiro atoms. The average Bonchev–Trinajstić information content (AvgIpc) is 3.48. The molecule has 0 aliphatic carbocycles. The number of benzene rings is 4. The summed E-state index contributed by atoms with van der Waals surface area (Å²) in [5, 5.41) is 2.50. The summed E-state index contributed by atoms with van der Waals surface area (Å²) in [4.78, 5) is 27.8. The predicted molar refractivity (Wildman–Crippen MR) is 149 cm³/mol. The lowest BCUT2D eigenvalue weighted by atomic mass is 10.0. The first-order valence-electron chi connectivity index (χ1n) is 11.7. The third kappa shape index (κ3) is 4.69. The molecule has 0 atom stereocenters. The van der Waals surface area contributed by atoms with Crippen molar-refractivity contribution in [3.8, 4) is 17.2 Å². The second-order valence-corrected chi connectivity index (χ2v) is 10.5. The summed E-state index contributed by atoms with van der Waals surface area (Å²) in [6.07, 6.45) is 1.72. The fourth-order valence-electron chi connectivity index (χ4n) is 4.34. The molecule has 4 aromatic rings. The molecule has 6 rings (SSSR count). The molecule has 4 aromatic carbocycles. The Hall–Kier alpha value is -3.65. The van der Waals surface area contributed by atoms with Gasteiger partial charge in [-0.15, -0.1) is 0 Å². The third-order valence-electron chi connectivity index (χ3n) is 6.29. The second-order valence-electron chi connectivity index (χ2n) is 8.64. The van der Waals surface area contributed by atoms with Crippen LogP contribution in [-0.4, -0.2) is 22.8 Å². The van der Waals surface area contributed by atoms with Gasteiger partial charge in [0.05, 0.1) is 11.4 Å². The highest BCUT2D eigenvalue weighted by atomic mass is 35.5. The van der Waals surface area contributed by atoms with Crippen molar-refractivity contribution >= 4 is 63.0 Å². The molecule has 38 heavy (non-hydrogen) atoms. The van der Waals surface area contributed by atoms with E-state index in [1.807, 2.05) is 60.7 Å². The number of hydrogen-bond acceptors (Lipinski definition) is 6. The van der Waals surface area contributed by atoms with Crippen molar-refractivity contribution in [1.82, 2.24) is 4.90 Å². The highest BCUT2D eigenvalue weighted by molar-refractivity contribution is 8.18. The zero-order chi connectivity index (χ0) is 26.2. The van der Waals surface area contributed by atoms with Gasteiger partial charge < -0.3 is 14.2 Å². The van der Waals surface area contributed by atoms with Crippen LogP contribution < -0.4 is 14.2 Å². The number of amides is 2. The summed E-state index contributed by atoms with van der Waals surface area (Å²) in [5.74, 6) is 1.24. The van der Waals surface area contributed by atoms with Crippen LogP contribution in [0.2, 0.25) is 10.0 Å². The lowest BCUT2D eigenvalue weighted by Crippen LogP contribution is -2.27. The van der Waals surface area contributed by atoms with Crippen LogP contribution in [0.5, 0.6) is 17.2 Å². The van der Waals surface area contributed by atoms with E-state index in [4.69, 9.17) is 37.4 Å². The van der Waals surface area contributed by atoms with Crippen molar-refractivity contribution in [2.75, 3.05) is 6.79 Å². The molecule has 0 radical (unpaired) electrons. The quantitative estimate of drug-likeness (QED) is 0.224. The zero-order valence-corrected chi connectivity index (χ0v) is 22.1. The molecule has 0 saturated carbocycles. The number of rotatable bonds is 6. The summed E-state index contributed by atoms with van der Waals surface area (Å²) >= 11 is 13.6. The molecular formula is C29H19Cl2NO5S. The van der Waals surface area contributed by atoms with Gasteiger partial charge in [0.15, 0.2) is 11.5 Å². The number of carbonyl (C=O) groups excluding carboxylic acids is 2. The van der Waals surface area contributed by atoms with Crippen molar-refractivity contribution in [1.29, 1.82) is 0 Å². The molecule has 2 heterocycles. The van der Waals surface area contributed by atoms with Gasteiger partial charge in [0.2, 0.25) is 6.79 Å². The SMILES string of the molecule is O=C1S/C(=C\c2c(OCc3ccccc3Cl)ccc3ccccc23)C(=O)N1Cc1cc2c(cc1Cl)OCO2. The number of nitrogens with zero attached hydrogens (tertiary/aromatic N) is 1. The maximum absolute atomic E-state index is 13.4. The van der Waals surface area contributed by atoms with Crippen LogP contribution in [0.25, 0.3) is 16.8 Å². The zero-order valence-electron chi connectivity index (χ0n) is 19.8. The molecule has 0 unspecified atom stereocenters. The lowest BCUT2D eigenvalue weighted by Gasteiger charge is -2.15. The second kappa shape index (κ2) is 10.3. The monoisotopic (exact) mass is 563 g/mol. The van der Waals surface area contributed by atoms with E-state index >= 15 is 0 Å². The molecular weight excluding hydrogens is 545 g/mol. The number of thioether (sulfide) groups is 1. The first-order valence-corrected chi connectivity index (χ1v) is 13.3. The van der Waals surface area contributed by atoms with Gasteiger partial charge in [0.1, 0.15) is 12.4 Å². The number of hydrogen-bond donors (Lipinski definition) is 0. The number of carbonyl (C=O) groups is 2. The van der Waals surface area contributed by atoms with Gasteiger partial charge in [-0.2, -0.15) is 0 Å². The molecule has 1 saturated heterocycles. The third-order valence-corrected chi connectivity index (χ3v) is 7.92. The minimum absolute atomic E-state index is 0.0167. The Balaban J connectivity index is 1.32. The van der Waals surface area contributed by atoms with Crippen molar-refractivity contribution in [3.05, 3.63) is 104 Å². The Morgan fingerprint density at radius 2 is 1.66 bits per heavy atom. The number of ether oxygens (including phenoxy) is 3. The van der Waals surface area contributed by atoms with E-state index in [0.29, 0.717) is 43.3 Å². The van der Waals surface area contributed by atoms with Crippen LogP contribution in [0, 0.1) is 0 Å². The van der Waals surface area contributed by atoms with Gasteiger partial charge in [0, 0.05) is 27.2 Å². The molecule has 2 aliphatic heterocycles. The maximum Gasteiger partial charge on any atom is 0.293 e. The van der Waals surface area contributed by atoms with Crippen LogP contribution >= 0.6 is 35.0 Å². The van der Waals surface area contributed by atoms with E-state index in [2.05, 4.69) is 0 Å². The average molecular weight is 564 g/mol. The topological polar surface area (TPSA) is 65.1 Å². The maximum atomic E-state index is 13.4. The smallest absolute Gasteiger partial charge is 0.293 e. The van der Waals surface area contributed by atoms with Gasteiger partial charge in [-0.1, -0.05) is 71.7 Å². The molecule has 0 bridgehead atoms. The van der Waals surface area contributed by atoms with E-state index < -0.39 is 5.91 Å². The van der Waals surface area contributed by atoms with E-state index in [9.17, 15) is 9.59 Å². The summed E-state index contributed by atoms with van der Waals surface area (Å²) in [5.41, 5.74) is 2.14. The van der Waals surface area contributed by atoms with E-state index in [0.717, 1.165) is 28.1 Å². The molecule has 190 valence electrons. The largest absolute Gasteiger partial charge is 0.488 e. The van der Waals surface area contributed by atoms with E-state index in [-0.39, 0.29) is 25.2 Å². The number of imide groups is 1. The van der Waals surface area contributed by atoms with Gasteiger partial charge >= 0.3 is 0 Å². The van der Waals surface area contributed by atoms with Crippen molar-refractivity contribution in [2.24, 2.45) is 0 Å². The van der Waals surface area contributed by atoms with Crippen LogP contribution in [0.1, 0.15) is 16.7 Å². The van der Waals surface area contributed by atoms with Crippen LogP contribution in [0.15, 0.2) is 77.7 Å². The summed E-state index contributed by atoms with van der Waals surface area (Å²) in [6, 6.07) is 22.4. The standard InChI is InChI=1S/C29H19Cl2NO5S/c30-22-8-4-2-6-18(22)15-35-24-10-9-17-5-1-3-7-20(17)21(24)12-27-28(33)32(29(34)38-27)14-19-11-25-26(13-23(19)31)37-16-36-25/h1-13H,14-16H2/b27-12-. The first kappa shape index (κ1) is 24.7. The van der Waals surface area contributed by atoms with E-state index in [1.54, 1.807) is 18.2 Å². The van der Waals surface area contributed by atoms with Crippen molar-refractivity contribution in [3.63, 3.8) is 0 Å². The Morgan fingerprint density at radius 1 is 0.895 bits per heavy atom. The normalized spacial score (nSPS) is 15.6. The molecule has 0 N–H and O–H groups in total. The number of fused-ring (bicyclic) bond motifs is 2. The van der Waals surface area contributed by atoms with Gasteiger partial charge in [-0.05, 0) is 52.4 Å². The minimum atomic E-state index is -0.404. The molecule has 2 amide bonds. The van der Waals surface area contributed by atoms with Crippen molar-refractivity contribution in [2.45, 2.75) is 13.2 Å². The number of halogens is 2. The lowest BCUT2D eigenvalue weighted by molar-refractivity contribution is -0.123. The molecule has 0 aromatic heterocycles. The Morgan fingerprint density at radius 3 is 2.50 bits per heavy atom. The van der Waals surface area contributed by atoms with Crippen LogP contribution in [0.3, 0.4) is 0 Å². The Kier molecular flexibility index (Phi) is 6.66. The van der Waals surface area contributed by atoms with Crippen LogP contribution in [0.4, 0.5) is 4.79 Å². The molecule has 9 heteroatoms. The van der Waals surface area contributed by atoms with E-state index in [1.165, 1.54) is 4.90 Å². The summed E-state index contributed by atoms with van der Waals surface area (Å²) in [7, 11) is 0. The highest BCUT2D eigenvalue weighted by Gasteiger charge is 2.36. The molecule has 1 fully saturated rings. The predicted octanol–water partition coefficient (Wildman–Crippen LogP) is 7.69. The Labute approximate surface area is 232 Å². The molecule has 6 nitrogen and oxygen atoms in total. The summed E-state index contributed by atoms with van der Waals surface area (Å²) < 4.78 is 16.9. The first-order chi connectivity index (χ1) is 18.5. The fraction of sp³-hybridized carbons (Fsp3) is 0.103. The van der Waals surface area contributed by atoms with Gasteiger partial charge in [-0.3, -0.25) is 14.5 Å². The van der Waals surface area contributed by atoms with Gasteiger partial charge in [0.25, 0.3) is 11.1 Å². The highest BCUT2D eigenvalue weighted by Crippen LogP contribution is 2.41. The minimum Gasteiger partial charge on any atom is -0.488 e. The van der Waals surface area contributed by atoms with Gasteiger partial charge in [-0.25, -0.2) is 0 Å². The van der Waals surface area contributed by atoms with Crippen molar-refractivity contribution < 1.29 is 23.8 Å².